The number of pyridine rings is 1. The van der Waals surface area contributed by atoms with Gasteiger partial charge in [-0.05, 0) is 44.7 Å². The molecule has 22 heavy (non-hydrogen) atoms. The van der Waals surface area contributed by atoms with E-state index in [2.05, 4.69) is 15.5 Å². The van der Waals surface area contributed by atoms with Crippen LogP contribution in [0.5, 0.6) is 0 Å². The number of rotatable bonds is 2. The molecule has 0 unspecified atom stereocenters. The van der Waals surface area contributed by atoms with Crippen molar-refractivity contribution in [3.63, 3.8) is 0 Å². The van der Waals surface area contributed by atoms with Gasteiger partial charge in [0, 0.05) is 11.9 Å². The molecule has 0 aromatic carbocycles. The molecule has 2 heterocycles. The third-order valence-corrected chi connectivity index (χ3v) is 4.19. The summed E-state index contributed by atoms with van der Waals surface area (Å²) in [6.07, 6.45) is 8.44. The lowest BCUT2D eigenvalue weighted by atomic mass is 10.2. The minimum atomic E-state index is -0.246. The summed E-state index contributed by atoms with van der Waals surface area (Å²) in [5.74, 6) is -0.246. The highest BCUT2D eigenvalue weighted by atomic mass is 35.5. The molecule has 0 aliphatic heterocycles. The van der Waals surface area contributed by atoms with Gasteiger partial charge in [0.2, 0.25) is 0 Å². The molecule has 3 rings (SSSR count). The quantitative estimate of drug-likeness (QED) is 0.677. The molecule has 0 radical (unpaired) electrons. The van der Waals surface area contributed by atoms with E-state index in [0.717, 1.165) is 31.4 Å². The highest BCUT2D eigenvalue weighted by Crippen LogP contribution is 2.17. The standard InChI is InChI=1S/C16H19ClN4O/c1-11-15(21-10-12(17)8-9-14(21)18-11)16(22)20-19-13-6-4-2-3-5-7-13/h8-10H,2-7H2,1H3,(H,20,22). The highest BCUT2D eigenvalue weighted by molar-refractivity contribution is 6.30. The summed E-state index contributed by atoms with van der Waals surface area (Å²) in [6, 6.07) is 3.56. The Morgan fingerprint density at radius 1 is 1.27 bits per heavy atom. The van der Waals surface area contributed by atoms with Gasteiger partial charge in [0.15, 0.2) is 0 Å². The number of imidazole rings is 1. The highest BCUT2D eigenvalue weighted by Gasteiger charge is 2.17. The van der Waals surface area contributed by atoms with Gasteiger partial charge in [-0.15, -0.1) is 0 Å². The van der Waals surface area contributed by atoms with Gasteiger partial charge < -0.3 is 0 Å². The molecule has 1 fully saturated rings. The molecule has 1 N–H and O–H groups in total. The Kier molecular flexibility index (Phi) is 4.43. The van der Waals surface area contributed by atoms with Gasteiger partial charge in [0.1, 0.15) is 11.3 Å². The van der Waals surface area contributed by atoms with E-state index in [-0.39, 0.29) is 5.91 Å². The number of aromatic nitrogens is 2. The Hall–Kier alpha value is -1.88. The fraction of sp³-hybridized carbons (Fsp3) is 0.438. The molecule has 5 nitrogen and oxygen atoms in total. The zero-order valence-electron chi connectivity index (χ0n) is 12.6. The summed E-state index contributed by atoms with van der Waals surface area (Å²) in [6.45, 7) is 1.81. The topological polar surface area (TPSA) is 58.8 Å². The van der Waals surface area contributed by atoms with Crippen LogP contribution in [-0.2, 0) is 0 Å². The van der Waals surface area contributed by atoms with Gasteiger partial charge in [-0.2, -0.15) is 5.10 Å². The second-order valence-corrected chi connectivity index (χ2v) is 6.09. The summed E-state index contributed by atoms with van der Waals surface area (Å²) in [4.78, 5) is 16.8. The predicted molar refractivity (Wildman–Crippen MR) is 87.5 cm³/mol. The van der Waals surface area contributed by atoms with Crippen LogP contribution >= 0.6 is 11.6 Å². The Morgan fingerprint density at radius 2 is 2.00 bits per heavy atom. The molecule has 0 atom stereocenters. The number of hydrogen-bond acceptors (Lipinski definition) is 3. The summed E-state index contributed by atoms with van der Waals surface area (Å²) in [7, 11) is 0. The average molecular weight is 319 g/mol. The first-order chi connectivity index (χ1) is 10.6. The zero-order valence-corrected chi connectivity index (χ0v) is 13.4. The first kappa shape index (κ1) is 15.0. The molecule has 116 valence electrons. The Balaban J connectivity index is 1.84. The smallest absolute Gasteiger partial charge is 0.290 e. The molecular weight excluding hydrogens is 300 g/mol. The van der Waals surface area contributed by atoms with Crippen LogP contribution in [0.1, 0.15) is 54.7 Å². The zero-order chi connectivity index (χ0) is 15.5. The summed E-state index contributed by atoms with van der Waals surface area (Å²) >= 11 is 6.01. The van der Waals surface area contributed by atoms with E-state index in [0.29, 0.717) is 22.1 Å². The third kappa shape index (κ3) is 3.14. The Bertz CT molecular complexity index is 725. The van der Waals surface area contributed by atoms with E-state index in [4.69, 9.17) is 11.6 Å². The molecule has 1 aliphatic rings. The number of nitrogens with one attached hydrogen (secondary N) is 1. The van der Waals surface area contributed by atoms with Crippen LogP contribution in [-0.4, -0.2) is 21.0 Å². The number of halogens is 1. The average Bonchev–Trinajstić information content (AvgIpc) is 2.66. The maximum absolute atomic E-state index is 12.5. The van der Waals surface area contributed by atoms with E-state index in [9.17, 15) is 4.79 Å². The predicted octanol–water partition coefficient (Wildman–Crippen LogP) is 3.74. The van der Waals surface area contributed by atoms with Crippen LogP contribution in [0.4, 0.5) is 0 Å². The number of carbonyl (C=O) groups is 1. The second kappa shape index (κ2) is 6.48. The van der Waals surface area contributed by atoms with Crippen molar-refractivity contribution < 1.29 is 4.79 Å². The molecular formula is C16H19ClN4O. The van der Waals surface area contributed by atoms with Crippen LogP contribution in [0.2, 0.25) is 5.02 Å². The lowest BCUT2D eigenvalue weighted by Gasteiger charge is -2.05. The minimum Gasteiger partial charge on any atom is -0.294 e. The number of nitrogens with zero attached hydrogens (tertiary/aromatic N) is 3. The Morgan fingerprint density at radius 3 is 2.73 bits per heavy atom. The van der Waals surface area contributed by atoms with Crippen LogP contribution in [0, 0.1) is 6.92 Å². The van der Waals surface area contributed by atoms with Crippen molar-refractivity contribution in [3.8, 4) is 0 Å². The molecule has 1 aliphatic carbocycles. The van der Waals surface area contributed by atoms with E-state index in [1.54, 1.807) is 22.7 Å². The molecule has 6 heteroatoms. The molecule has 0 saturated heterocycles. The first-order valence-corrected chi connectivity index (χ1v) is 8.03. The van der Waals surface area contributed by atoms with Crippen LogP contribution in [0.3, 0.4) is 0 Å². The number of hydrazone groups is 1. The van der Waals surface area contributed by atoms with Gasteiger partial charge in [-0.25, -0.2) is 10.4 Å². The van der Waals surface area contributed by atoms with Gasteiger partial charge >= 0.3 is 0 Å². The van der Waals surface area contributed by atoms with E-state index >= 15 is 0 Å². The van der Waals surface area contributed by atoms with Gasteiger partial charge in [-0.3, -0.25) is 9.20 Å². The van der Waals surface area contributed by atoms with Crippen molar-refractivity contribution in [1.29, 1.82) is 0 Å². The van der Waals surface area contributed by atoms with Gasteiger partial charge in [0.05, 0.1) is 10.7 Å². The normalized spacial score (nSPS) is 15.6. The lowest BCUT2D eigenvalue weighted by Crippen LogP contribution is -2.22. The van der Waals surface area contributed by atoms with Crippen LogP contribution in [0.15, 0.2) is 23.4 Å². The summed E-state index contributed by atoms with van der Waals surface area (Å²) in [5.41, 5.74) is 5.61. The van der Waals surface area contributed by atoms with E-state index in [1.807, 2.05) is 6.92 Å². The Labute approximate surface area is 134 Å². The van der Waals surface area contributed by atoms with Gasteiger partial charge in [0.25, 0.3) is 5.91 Å². The molecule has 0 bridgehead atoms. The van der Waals surface area contributed by atoms with E-state index < -0.39 is 0 Å². The maximum atomic E-state index is 12.5. The summed E-state index contributed by atoms with van der Waals surface area (Å²) in [5, 5.41) is 4.88. The molecule has 2 aromatic rings. The number of hydrogen-bond donors (Lipinski definition) is 1. The molecule has 1 saturated carbocycles. The summed E-state index contributed by atoms with van der Waals surface area (Å²) < 4.78 is 1.71. The fourth-order valence-electron chi connectivity index (χ4n) is 2.84. The molecule has 2 aromatic heterocycles. The second-order valence-electron chi connectivity index (χ2n) is 5.65. The first-order valence-electron chi connectivity index (χ1n) is 7.65. The monoisotopic (exact) mass is 318 g/mol. The SMILES string of the molecule is Cc1nc2ccc(Cl)cn2c1C(=O)NN=C1CCCCCC1. The van der Waals surface area contributed by atoms with Crippen molar-refractivity contribution >= 4 is 28.9 Å². The molecule has 1 amide bonds. The van der Waals surface area contributed by atoms with Crippen molar-refractivity contribution in [3.05, 3.63) is 34.7 Å². The van der Waals surface area contributed by atoms with Gasteiger partial charge in [-0.1, -0.05) is 24.4 Å². The number of aryl methyl sites for hydroxylation is 1. The maximum Gasteiger partial charge on any atom is 0.290 e. The van der Waals surface area contributed by atoms with Crippen LogP contribution < -0.4 is 5.43 Å². The largest absolute Gasteiger partial charge is 0.294 e. The lowest BCUT2D eigenvalue weighted by molar-refractivity contribution is 0.0948. The minimum absolute atomic E-state index is 0.246. The number of carbonyl (C=O) groups excluding carboxylic acids is 1. The van der Waals surface area contributed by atoms with Crippen molar-refractivity contribution in [2.75, 3.05) is 0 Å². The third-order valence-electron chi connectivity index (χ3n) is 3.97. The number of fused-ring (bicyclic) bond motifs is 1. The fourth-order valence-corrected chi connectivity index (χ4v) is 3.00. The van der Waals surface area contributed by atoms with Crippen LogP contribution in [0.25, 0.3) is 5.65 Å². The van der Waals surface area contributed by atoms with Crippen molar-refractivity contribution in [2.45, 2.75) is 45.4 Å². The number of amides is 1. The van der Waals surface area contributed by atoms with E-state index in [1.165, 1.54) is 12.8 Å². The molecule has 0 spiro atoms. The van der Waals surface area contributed by atoms with Crippen molar-refractivity contribution in [2.24, 2.45) is 5.10 Å². The van der Waals surface area contributed by atoms with Crippen molar-refractivity contribution in [1.82, 2.24) is 14.8 Å².